The van der Waals surface area contributed by atoms with E-state index in [-0.39, 0.29) is 48.7 Å². The second-order valence-electron chi connectivity index (χ2n) is 10.4. The fourth-order valence-corrected chi connectivity index (χ4v) is 6.42. The molecule has 242 valence electrons. The summed E-state index contributed by atoms with van der Waals surface area (Å²) in [5.74, 6) is -1.24. The lowest BCUT2D eigenvalue weighted by atomic mass is 9.93. The van der Waals surface area contributed by atoms with Crippen LogP contribution in [0.15, 0.2) is 105 Å². The predicted molar refractivity (Wildman–Crippen MR) is 166 cm³/mol. The summed E-state index contributed by atoms with van der Waals surface area (Å²) in [6.45, 7) is -0.790. The van der Waals surface area contributed by atoms with Crippen LogP contribution in [0.4, 0.5) is 4.39 Å². The fraction of sp³-hybridized carbons (Fsp3) is 0.273. The van der Waals surface area contributed by atoms with E-state index in [0.717, 1.165) is 4.31 Å². The van der Waals surface area contributed by atoms with Crippen LogP contribution >= 0.6 is 0 Å². The molecule has 0 unspecified atom stereocenters. The summed E-state index contributed by atoms with van der Waals surface area (Å²) in [4.78, 5) is 26.6. The maximum absolute atomic E-state index is 13.4. The van der Waals surface area contributed by atoms with Crippen molar-refractivity contribution < 1.29 is 41.3 Å². The number of benzene rings is 3. The number of aliphatic hydroxyl groups is 1. The molecule has 1 aliphatic rings. The van der Waals surface area contributed by atoms with Crippen molar-refractivity contribution in [1.29, 1.82) is 0 Å². The van der Waals surface area contributed by atoms with Crippen LogP contribution in [0.1, 0.15) is 23.5 Å². The molecule has 46 heavy (non-hydrogen) atoms. The number of aliphatic hydroxyl groups excluding tert-OH is 1. The number of sulfonamides is 1. The van der Waals surface area contributed by atoms with Crippen LogP contribution in [-0.4, -0.2) is 63.4 Å². The van der Waals surface area contributed by atoms with Crippen molar-refractivity contribution in [2.75, 3.05) is 33.4 Å². The van der Waals surface area contributed by atoms with Crippen molar-refractivity contribution in [3.05, 3.63) is 118 Å². The van der Waals surface area contributed by atoms with Gasteiger partial charge in [-0.2, -0.15) is 4.31 Å². The molecule has 4 aromatic rings. The highest BCUT2D eigenvalue weighted by molar-refractivity contribution is 7.89. The number of methoxy groups -OCH3 is 1. The van der Waals surface area contributed by atoms with E-state index in [2.05, 4.69) is 5.32 Å². The summed E-state index contributed by atoms with van der Waals surface area (Å²) in [5, 5.41) is 12.7. The van der Waals surface area contributed by atoms with Crippen LogP contribution in [0, 0.1) is 5.82 Å². The number of rotatable bonds is 13. The molecule has 0 saturated carbocycles. The minimum atomic E-state index is -3.99. The number of ether oxygens (including phenoxy) is 3. The molecule has 13 heteroatoms. The first-order chi connectivity index (χ1) is 22.2. The Kier molecular flexibility index (Phi) is 10.5. The number of nitrogens with one attached hydrogen (secondary N) is 1. The molecule has 1 amide bonds. The maximum atomic E-state index is 13.4. The van der Waals surface area contributed by atoms with Crippen molar-refractivity contribution in [3.63, 3.8) is 0 Å². The second-order valence-corrected chi connectivity index (χ2v) is 12.4. The Morgan fingerprint density at radius 3 is 2.52 bits per heavy atom. The van der Waals surface area contributed by atoms with Gasteiger partial charge in [0.05, 0.1) is 36.9 Å². The summed E-state index contributed by atoms with van der Waals surface area (Å²) in [6, 6.07) is 18.3. The molecule has 0 spiro atoms. The topological polar surface area (TPSA) is 145 Å². The molecule has 2 N–H and O–H groups in total. The smallest absolute Gasteiger partial charge is 0.286 e. The van der Waals surface area contributed by atoms with Crippen LogP contribution in [0.5, 0.6) is 5.75 Å². The fourth-order valence-electron chi connectivity index (χ4n) is 5.00. The molecule has 1 aromatic heterocycles. The van der Waals surface area contributed by atoms with E-state index in [1.165, 1.54) is 55.8 Å². The van der Waals surface area contributed by atoms with E-state index < -0.39 is 40.6 Å². The SMILES string of the molecule is COc1ccc(S(=O)(=O)N(CCO)CCO[C@H]2C[C@@H](c3coc4ccccc4c3=O)C=C(C(=O)NCc3ccc(F)cc3)O2)cc1. The van der Waals surface area contributed by atoms with Crippen LogP contribution in [0.25, 0.3) is 11.0 Å². The normalized spacial score (nSPS) is 16.6. The molecule has 5 rings (SSSR count). The number of fused-ring (bicyclic) bond motifs is 1. The maximum Gasteiger partial charge on any atom is 0.286 e. The first kappa shape index (κ1) is 32.8. The molecular weight excluding hydrogens is 619 g/mol. The van der Waals surface area contributed by atoms with E-state index in [1.54, 1.807) is 36.4 Å². The predicted octanol–water partition coefficient (Wildman–Crippen LogP) is 3.67. The number of carbonyl (C=O) groups excluding carboxylic acids is 1. The minimum absolute atomic E-state index is 0.0156. The van der Waals surface area contributed by atoms with Crippen molar-refractivity contribution in [1.82, 2.24) is 9.62 Å². The number of nitrogens with zero attached hydrogens (tertiary/aromatic N) is 1. The summed E-state index contributed by atoms with van der Waals surface area (Å²) in [5.41, 5.74) is 1.10. The molecule has 0 saturated heterocycles. The number of allylic oxidation sites excluding steroid dienone is 1. The van der Waals surface area contributed by atoms with E-state index in [9.17, 15) is 27.5 Å². The summed E-state index contributed by atoms with van der Waals surface area (Å²) >= 11 is 0. The van der Waals surface area contributed by atoms with Crippen LogP contribution in [0.2, 0.25) is 0 Å². The molecule has 11 nitrogen and oxygen atoms in total. The number of para-hydroxylation sites is 1. The summed E-state index contributed by atoms with van der Waals surface area (Å²) < 4.78 is 63.6. The standard InChI is InChI=1S/C33H33FN2O9S/c1-42-25-10-12-26(13-11-25)46(40,41)36(14-16-37)15-17-43-31-19-23(28-21-44-29-5-3-2-4-27(29)32(28)38)18-30(45-31)33(39)35-20-22-6-8-24(34)9-7-22/h2-13,18,21,23,31,37H,14-17,19-20H2,1H3,(H,35,39)/t23-,31+/m0/s1. The van der Waals surface area contributed by atoms with Gasteiger partial charge in [0.15, 0.2) is 11.2 Å². The molecule has 0 fully saturated rings. The number of hydrogen-bond acceptors (Lipinski definition) is 9. The Hall–Kier alpha value is -4.56. The van der Waals surface area contributed by atoms with E-state index >= 15 is 0 Å². The Morgan fingerprint density at radius 1 is 1.07 bits per heavy atom. The highest BCUT2D eigenvalue weighted by atomic mass is 32.2. The molecule has 0 radical (unpaired) electrons. The zero-order valence-corrected chi connectivity index (χ0v) is 25.7. The Bertz CT molecular complexity index is 1860. The zero-order chi connectivity index (χ0) is 32.7. The average Bonchev–Trinajstić information content (AvgIpc) is 3.07. The first-order valence-corrected chi connectivity index (χ1v) is 15.9. The van der Waals surface area contributed by atoms with E-state index in [1.807, 2.05) is 0 Å². The third kappa shape index (κ3) is 7.62. The third-order valence-corrected chi connectivity index (χ3v) is 9.36. The lowest BCUT2D eigenvalue weighted by molar-refractivity contribution is -0.146. The largest absolute Gasteiger partial charge is 0.497 e. The van der Waals surface area contributed by atoms with Gasteiger partial charge in [-0.05, 0) is 60.2 Å². The summed E-state index contributed by atoms with van der Waals surface area (Å²) in [6.07, 6.45) is 1.97. The molecule has 2 atom stereocenters. The van der Waals surface area contributed by atoms with Gasteiger partial charge in [-0.3, -0.25) is 9.59 Å². The van der Waals surface area contributed by atoms with E-state index in [0.29, 0.717) is 27.8 Å². The number of amides is 1. The zero-order valence-electron chi connectivity index (χ0n) is 24.9. The highest BCUT2D eigenvalue weighted by Gasteiger charge is 2.31. The number of halogens is 1. The van der Waals surface area contributed by atoms with Gasteiger partial charge in [-0.1, -0.05) is 24.3 Å². The quantitative estimate of drug-likeness (QED) is 0.221. The van der Waals surface area contributed by atoms with Gasteiger partial charge >= 0.3 is 0 Å². The van der Waals surface area contributed by atoms with Crippen molar-refractivity contribution >= 4 is 26.9 Å². The Labute approximate surface area is 264 Å². The van der Waals surface area contributed by atoms with Crippen molar-refractivity contribution in [2.45, 2.75) is 30.1 Å². The van der Waals surface area contributed by atoms with Gasteiger partial charge in [-0.15, -0.1) is 0 Å². The summed E-state index contributed by atoms with van der Waals surface area (Å²) in [7, 11) is -2.52. The Morgan fingerprint density at radius 2 is 1.80 bits per heavy atom. The molecule has 2 heterocycles. The molecule has 1 aliphatic heterocycles. The van der Waals surface area contributed by atoms with Crippen LogP contribution in [0.3, 0.4) is 0 Å². The third-order valence-electron chi connectivity index (χ3n) is 7.44. The van der Waals surface area contributed by atoms with E-state index in [4.69, 9.17) is 18.6 Å². The van der Waals surface area contributed by atoms with Gasteiger partial charge in [-0.25, -0.2) is 12.8 Å². The van der Waals surface area contributed by atoms with Gasteiger partial charge in [0.1, 0.15) is 17.1 Å². The highest BCUT2D eigenvalue weighted by Crippen LogP contribution is 2.31. The molecule has 3 aromatic carbocycles. The number of carbonyl (C=O) groups is 1. The molecule has 0 aliphatic carbocycles. The van der Waals surface area contributed by atoms with Crippen LogP contribution in [-0.2, 0) is 30.8 Å². The number of hydrogen-bond donors (Lipinski definition) is 2. The monoisotopic (exact) mass is 652 g/mol. The van der Waals surface area contributed by atoms with Crippen molar-refractivity contribution in [2.24, 2.45) is 0 Å². The molecular formula is C33H33FN2O9S. The lowest BCUT2D eigenvalue weighted by Crippen LogP contribution is -2.38. The average molecular weight is 653 g/mol. The van der Waals surface area contributed by atoms with Gasteiger partial charge in [0.25, 0.3) is 5.91 Å². The second kappa shape index (κ2) is 14.7. The van der Waals surface area contributed by atoms with Crippen LogP contribution < -0.4 is 15.5 Å². The lowest BCUT2D eigenvalue weighted by Gasteiger charge is -2.30. The van der Waals surface area contributed by atoms with Crippen molar-refractivity contribution in [3.8, 4) is 5.75 Å². The first-order valence-electron chi connectivity index (χ1n) is 14.5. The van der Waals surface area contributed by atoms with Gasteiger partial charge in [0, 0.05) is 37.5 Å². The van der Waals surface area contributed by atoms with Gasteiger partial charge < -0.3 is 29.1 Å². The van der Waals surface area contributed by atoms with Gasteiger partial charge in [0.2, 0.25) is 16.3 Å². The molecule has 0 bridgehead atoms. The minimum Gasteiger partial charge on any atom is -0.497 e. The Balaban J connectivity index is 1.34.